The van der Waals surface area contributed by atoms with Crippen LogP contribution in [-0.4, -0.2) is 19.6 Å². The van der Waals surface area contributed by atoms with Crippen molar-refractivity contribution in [2.45, 2.75) is 20.8 Å². The Labute approximate surface area is 133 Å². The summed E-state index contributed by atoms with van der Waals surface area (Å²) in [5.41, 5.74) is 2.86. The van der Waals surface area contributed by atoms with E-state index >= 15 is 0 Å². The van der Waals surface area contributed by atoms with Crippen molar-refractivity contribution in [2.24, 2.45) is 0 Å². The van der Waals surface area contributed by atoms with Gasteiger partial charge in [-0.2, -0.15) is 14.8 Å². The van der Waals surface area contributed by atoms with E-state index < -0.39 is 5.95 Å². The van der Waals surface area contributed by atoms with E-state index in [1.807, 2.05) is 32.9 Å². The first-order chi connectivity index (χ1) is 11.2. The SMILES string of the molecule is C/C=C/c1cn2ncc(C#N)c2c(-c2ccc(F)nc2)n1.CC. The average Bonchev–Trinajstić information content (AvgIpc) is 3.00. The number of hydrogen-bond acceptors (Lipinski definition) is 4. The molecule has 0 saturated heterocycles. The predicted molar refractivity (Wildman–Crippen MR) is 86.9 cm³/mol. The van der Waals surface area contributed by atoms with Gasteiger partial charge in [-0.3, -0.25) is 0 Å². The lowest BCUT2D eigenvalue weighted by Crippen LogP contribution is -1.97. The van der Waals surface area contributed by atoms with Gasteiger partial charge in [0.2, 0.25) is 5.95 Å². The third-order valence-corrected chi connectivity index (χ3v) is 2.97. The Hall–Kier alpha value is -3.07. The number of hydrogen-bond donors (Lipinski definition) is 0. The molecule has 0 fully saturated rings. The zero-order valence-corrected chi connectivity index (χ0v) is 13.2. The van der Waals surface area contributed by atoms with Gasteiger partial charge in [-0.05, 0) is 25.1 Å². The molecule has 0 radical (unpaired) electrons. The maximum absolute atomic E-state index is 13.0. The number of nitriles is 1. The fourth-order valence-electron chi connectivity index (χ4n) is 2.08. The van der Waals surface area contributed by atoms with Crippen molar-refractivity contribution in [1.29, 1.82) is 5.26 Å². The third kappa shape index (κ3) is 3.24. The van der Waals surface area contributed by atoms with Gasteiger partial charge >= 0.3 is 0 Å². The van der Waals surface area contributed by atoms with E-state index in [1.54, 1.807) is 16.8 Å². The van der Waals surface area contributed by atoms with Crippen molar-refractivity contribution in [3.8, 4) is 17.3 Å². The van der Waals surface area contributed by atoms with E-state index in [4.69, 9.17) is 0 Å². The summed E-state index contributed by atoms with van der Waals surface area (Å²) in [6.07, 6.45) is 8.29. The van der Waals surface area contributed by atoms with Crippen LogP contribution in [0.4, 0.5) is 4.39 Å². The summed E-state index contributed by atoms with van der Waals surface area (Å²) >= 11 is 0. The van der Waals surface area contributed by atoms with Gasteiger partial charge in [0.1, 0.15) is 17.1 Å². The lowest BCUT2D eigenvalue weighted by molar-refractivity contribution is 0.584. The fraction of sp³-hybridized carbons (Fsp3) is 0.176. The summed E-state index contributed by atoms with van der Waals surface area (Å²) < 4.78 is 14.6. The molecule has 0 spiro atoms. The second-order valence-corrected chi connectivity index (χ2v) is 4.35. The van der Waals surface area contributed by atoms with E-state index in [0.29, 0.717) is 28.0 Å². The second-order valence-electron chi connectivity index (χ2n) is 4.35. The van der Waals surface area contributed by atoms with Crippen LogP contribution < -0.4 is 0 Å². The molecule has 3 aromatic rings. The molecule has 0 unspecified atom stereocenters. The molecule has 0 aliphatic carbocycles. The molecule has 0 bridgehead atoms. The molecule has 0 N–H and O–H groups in total. The monoisotopic (exact) mass is 309 g/mol. The normalized spacial score (nSPS) is 10.4. The molecule has 0 aromatic carbocycles. The topological polar surface area (TPSA) is 66.9 Å². The van der Waals surface area contributed by atoms with Crippen LogP contribution in [0.5, 0.6) is 0 Å². The third-order valence-electron chi connectivity index (χ3n) is 2.97. The highest BCUT2D eigenvalue weighted by atomic mass is 19.1. The van der Waals surface area contributed by atoms with E-state index in [9.17, 15) is 9.65 Å². The first-order valence-corrected chi connectivity index (χ1v) is 7.26. The maximum Gasteiger partial charge on any atom is 0.212 e. The number of aromatic nitrogens is 4. The van der Waals surface area contributed by atoms with Crippen LogP contribution in [0, 0.1) is 17.3 Å². The Bertz CT molecular complexity index is 872. The summed E-state index contributed by atoms with van der Waals surface area (Å²) in [7, 11) is 0. The largest absolute Gasteiger partial charge is 0.244 e. The molecule has 116 valence electrons. The highest BCUT2D eigenvalue weighted by molar-refractivity contribution is 5.81. The van der Waals surface area contributed by atoms with Gasteiger partial charge in [0.05, 0.1) is 23.8 Å². The second kappa shape index (κ2) is 7.27. The van der Waals surface area contributed by atoms with Gasteiger partial charge < -0.3 is 0 Å². The number of fused-ring (bicyclic) bond motifs is 1. The van der Waals surface area contributed by atoms with Crippen LogP contribution in [0.1, 0.15) is 32.0 Å². The zero-order valence-electron chi connectivity index (χ0n) is 13.2. The highest BCUT2D eigenvalue weighted by Gasteiger charge is 2.14. The van der Waals surface area contributed by atoms with Gasteiger partial charge in [0.25, 0.3) is 0 Å². The van der Waals surface area contributed by atoms with Crippen molar-refractivity contribution in [1.82, 2.24) is 19.6 Å². The number of nitrogens with zero attached hydrogens (tertiary/aromatic N) is 5. The molecule has 6 heteroatoms. The fourth-order valence-corrected chi connectivity index (χ4v) is 2.08. The standard InChI is InChI=1S/C15H10FN5.C2H6/c1-2-3-12-9-21-15(11(6-17)8-19-21)14(20-12)10-4-5-13(16)18-7-10;1-2/h2-5,7-9H,1H3;1-2H3/b3-2+;. The smallest absolute Gasteiger partial charge is 0.212 e. The van der Waals surface area contributed by atoms with Crippen LogP contribution in [0.15, 0.2) is 36.8 Å². The lowest BCUT2D eigenvalue weighted by atomic mass is 10.1. The summed E-state index contributed by atoms with van der Waals surface area (Å²) in [5.74, 6) is -0.562. The molecule has 3 heterocycles. The Balaban J connectivity index is 0.000000924. The Kier molecular flexibility index (Phi) is 5.15. The zero-order chi connectivity index (χ0) is 16.8. The minimum absolute atomic E-state index is 0.411. The highest BCUT2D eigenvalue weighted by Crippen LogP contribution is 2.25. The molecule has 0 saturated carbocycles. The average molecular weight is 309 g/mol. The van der Waals surface area contributed by atoms with Crippen LogP contribution in [-0.2, 0) is 0 Å². The number of rotatable bonds is 2. The minimum atomic E-state index is -0.562. The van der Waals surface area contributed by atoms with Crippen LogP contribution >= 0.6 is 0 Å². The molecule has 0 atom stereocenters. The van der Waals surface area contributed by atoms with Crippen molar-refractivity contribution in [3.05, 3.63) is 54.0 Å². The van der Waals surface area contributed by atoms with Crippen molar-refractivity contribution < 1.29 is 4.39 Å². The number of pyridine rings is 1. The summed E-state index contributed by atoms with van der Waals surface area (Å²) in [6.45, 7) is 5.88. The maximum atomic E-state index is 13.0. The molecule has 23 heavy (non-hydrogen) atoms. The van der Waals surface area contributed by atoms with Crippen LogP contribution in [0.2, 0.25) is 0 Å². The van der Waals surface area contributed by atoms with Gasteiger partial charge in [0.15, 0.2) is 0 Å². The quantitative estimate of drug-likeness (QED) is 0.674. The molecular formula is C17H16FN5. The number of allylic oxidation sites excluding steroid dienone is 1. The summed E-state index contributed by atoms with van der Waals surface area (Å²) in [6, 6.07) is 4.93. The summed E-state index contributed by atoms with van der Waals surface area (Å²) in [5, 5.41) is 13.4. The summed E-state index contributed by atoms with van der Waals surface area (Å²) in [4.78, 5) is 8.15. The van der Waals surface area contributed by atoms with Crippen molar-refractivity contribution in [3.63, 3.8) is 0 Å². The van der Waals surface area contributed by atoms with E-state index in [0.717, 1.165) is 0 Å². The molecule has 0 amide bonds. The molecule has 5 nitrogen and oxygen atoms in total. The van der Waals surface area contributed by atoms with E-state index in [1.165, 1.54) is 18.5 Å². The number of halogens is 1. The Morgan fingerprint density at radius 1 is 1.26 bits per heavy atom. The molecule has 3 rings (SSSR count). The van der Waals surface area contributed by atoms with Gasteiger partial charge in [0, 0.05) is 11.8 Å². The first-order valence-electron chi connectivity index (χ1n) is 7.26. The van der Waals surface area contributed by atoms with Crippen LogP contribution in [0.25, 0.3) is 22.9 Å². The van der Waals surface area contributed by atoms with Crippen molar-refractivity contribution >= 4 is 11.6 Å². The van der Waals surface area contributed by atoms with Crippen molar-refractivity contribution in [2.75, 3.05) is 0 Å². The minimum Gasteiger partial charge on any atom is -0.244 e. The first kappa shape index (κ1) is 16.3. The lowest BCUT2D eigenvalue weighted by Gasteiger charge is -2.06. The Morgan fingerprint density at radius 3 is 2.65 bits per heavy atom. The molecule has 0 aliphatic rings. The van der Waals surface area contributed by atoms with Gasteiger partial charge in [-0.1, -0.05) is 19.9 Å². The van der Waals surface area contributed by atoms with Gasteiger partial charge in [-0.15, -0.1) is 0 Å². The Morgan fingerprint density at radius 2 is 2.04 bits per heavy atom. The molecular weight excluding hydrogens is 293 g/mol. The van der Waals surface area contributed by atoms with Crippen LogP contribution in [0.3, 0.4) is 0 Å². The van der Waals surface area contributed by atoms with E-state index in [2.05, 4.69) is 21.1 Å². The molecule has 3 aromatic heterocycles. The van der Waals surface area contributed by atoms with Gasteiger partial charge in [-0.25, -0.2) is 14.5 Å². The predicted octanol–water partition coefficient (Wildman–Crippen LogP) is 3.86. The van der Waals surface area contributed by atoms with E-state index in [-0.39, 0.29) is 0 Å². The molecule has 0 aliphatic heterocycles.